The van der Waals surface area contributed by atoms with Crippen LogP contribution in [0.2, 0.25) is 0 Å². The number of rotatable bonds is 7. The van der Waals surface area contributed by atoms with Crippen LogP contribution in [-0.4, -0.2) is 25.8 Å². The summed E-state index contributed by atoms with van der Waals surface area (Å²) >= 11 is 0. The van der Waals surface area contributed by atoms with Gasteiger partial charge in [0.25, 0.3) is 0 Å². The maximum absolute atomic E-state index is 6.07. The van der Waals surface area contributed by atoms with E-state index in [0.717, 1.165) is 47.8 Å². The van der Waals surface area contributed by atoms with Crippen molar-refractivity contribution in [1.29, 1.82) is 0 Å². The van der Waals surface area contributed by atoms with Crippen LogP contribution in [0.4, 0.5) is 5.69 Å². The Balaban J connectivity index is 1.62. The van der Waals surface area contributed by atoms with Crippen LogP contribution in [0, 0.1) is 0 Å². The van der Waals surface area contributed by atoms with Crippen molar-refractivity contribution in [3.8, 4) is 11.5 Å². The lowest BCUT2D eigenvalue weighted by Crippen LogP contribution is -2.22. The summed E-state index contributed by atoms with van der Waals surface area (Å²) in [6, 6.07) is 13.8. The zero-order chi connectivity index (χ0) is 18.9. The van der Waals surface area contributed by atoms with Crippen LogP contribution in [-0.2, 0) is 17.9 Å². The highest BCUT2D eigenvalue weighted by Crippen LogP contribution is 2.32. The third-order valence-electron chi connectivity index (χ3n) is 4.16. The fourth-order valence-corrected chi connectivity index (χ4v) is 2.78. The van der Waals surface area contributed by atoms with Gasteiger partial charge in [-0.25, -0.2) is 4.99 Å². The van der Waals surface area contributed by atoms with Crippen molar-refractivity contribution in [2.45, 2.75) is 32.9 Å². The number of nitrogens with one attached hydrogen (secondary N) is 1. The zero-order valence-electron chi connectivity index (χ0n) is 15.7. The Morgan fingerprint density at radius 3 is 2.70 bits per heavy atom. The number of guanidine groups is 1. The summed E-state index contributed by atoms with van der Waals surface area (Å²) in [4.78, 5) is 4.46. The SMILES string of the molecule is CCCOCc1ccccc1CN=C(N)Nc1ccc2c(c1)OCCCO2. The molecule has 0 saturated carbocycles. The number of nitrogens with zero attached hydrogens (tertiary/aromatic N) is 1. The molecule has 1 heterocycles. The molecule has 1 aliphatic rings. The number of benzene rings is 2. The highest BCUT2D eigenvalue weighted by molar-refractivity contribution is 5.92. The van der Waals surface area contributed by atoms with Gasteiger partial charge in [0.1, 0.15) is 0 Å². The van der Waals surface area contributed by atoms with E-state index in [1.807, 2.05) is 30.3 Å². The second kappa shape index (κ2) is 9.83. The molecule has 6 heteroatoms. The second-order valence-electron chi connectivity index (χ2n) is 6.36. The number of anilines is 1. The molecular formula is C21H27N3O3. The number of hydrogen-bond donors (Lipinski definition) is 2. The molecule has 0 unspecified atom stereocenters. The molecule has 0 amide bonds. The number of nitrogens with two attached hydrogens (primary N) is 1. The summed E-state index contributed by atoms with van der Waals surface area (Å²) in [5.41, 5.74) is 9.13. The van der Waals surface area contributed by atoms with Crippen molar-refractivity contribution >= 4 is 11.6 Å². The molecule has 3 rings (SSSR count). The first-order chi connectivity index (χ1) is 13.3. The minimum atomic E-state index is 0.355. The molecule has 0 spiro atoms. The lowest BCUT2D eigenvalue weighted by molar-refractivity contribution is 0.121. The summed E-state index contributed by atoms with van der Waals surface area (Å²) in [7, 11) is 0. The van der Waals surface area contributed by atoms with Crippen LogP contribution in [0.25, 0.3) is 0 Å². The third-order valence-corrected chi connectivity index (χ3v) is 4.16. The molecule has 2 aromatic carbocycles. The van der Waals surface area contributed by atoms with Gasteiger partial charge in [-0.15, -0.1) is 0 Å². The van der Waals surface area contributed by atoms with E-state index in [0.29, 0.717) is 32.3 Å². The Hall–Kier alpha value is -2.73. The molecule has 6 nitrogen and oxygen atoms in total. The predicted octanol–water partition coefficient (Wildman–Crippen LogP) is 3.70. The van der Waals surface area contributed by atoms with Crippen LogP contribution in [0.5, 0.6) is 11.5 Å². The smallest absolute Gasteiger partial charge is 0.193 e. The van der Waals surface area contributed by atoms with Crippen molar-refractivity contribution in [3.63, 3.8) is 0 Å². The molecule has 144 valence electrons. The predicted molar refractivity (Wildman–Crippen MR) is 107 cm³/mol. The summed E-state index contributed by atoms with van der Waals surface area (Å²) < 4.78 is 17.0. The molecule has 1 aliphatic heterocycles. The van der Waals surface area contributed by atoms with Crippen LogP contribution in [0.3, 0.4) is 0 Å². The molecule has 0 bridgehead atoms. The normalized spacial score (nSPS) is 13.9. The second-order valence-corrected chi connectivity index (χ2v) is 6.36. The summed E-state index contributed by atoms with van der Waals surface area (Å²) in [5.74, 6) is 1.84. The van der Waals surface area contributed by atoms with Gasteiger partial charge in [-0.1, -0.05) is 31.2 Å². The zero-order valence-corrected chi connectivity index (χ0v) is 15.7. The van der Waals surface area contributed by atoms with Gasteiger partial charge >= 0.3 is 0 Å². The maximum atomic E-state index is 6.07. The standard InChI is InChI=1S/C21H27N3O3/c1-2-10-25-15-17-7-4-3-6-16(17)14-23-21(22)24-18-8-9-19-20(13-18)27-12-5-11-26-19/h3-4,6-9,13H,2,5,10-12,14-15H2,1H3,(H3,22,23,24). The van der Waals surface area contributed by atoms with Crippen molar-refractivity contribution in [3.05, 3.63) is 53.6 Å². The fraction of sp³-hybridized carbons (Fsp3) is 0.381. The fourth-order valence-electron chi connectivity index (χ4n) is 2.78. The average molecular weight is 369 g/mol. The number of hydrogen-bond acceptors (Lipinski definition) is 4. The molecule has 2 aromatic rings. The van der Waals surface area contributed by atoms with E-state index in [4.69, 9.17) is 19.9 Å². The Morgan fingerprint density at radius 2 is 1.89 bits per heavy atom. The van der Waals surface area contributed by atoms with E-state index in [2.05, 4.69) is 29.4 Å². The van der Waals surface area contributed by atoms with E-state index in [9.17, 15) is 0 Å². The van der Waals surface area contributed by atoms with Crippen LogP contribution >= 0.6 is 0 Å². The van der Waals surface area contributed by atoms with E-state index in [-0.39, 0.29) is 0 Å². The Morgan fingerprint density at radius 1 is 1.11 bits per heavy atom. The van der Waals surface area contributed by atoms with Crippen molar-refractivity contribution in [1.82, 2.24) is 0 Å². The van der Waals surface area contributed by atoms with Crippen LogP contribution < -0.4 is 20.5 Å². The molecule has 3 N–H and O–H groups in total. The molecular weight excluding hydrogens is 342 g/mol. The topological polar surface area (TPSA) is 78.1 Å². The largest absolute Gasteiger partial charge is 0.490 e. The van der Waals surface area contributed by atoms with Crippen molar-refractivity contribution < 1.29 is 14.2 Å². The van der Waals surface area contributed by atoms with E-state index < -0.39 is 0 Å². The average Bonchev–Trinajstić information content (AvgIpc) is 2.92. The summed E-state index contributed by atoms with van der Waals surface area (Å²) in [6.07, 6.45) is 1.88. The molecule has 0 atom stereocenters. The Labute approximate surface area is 160 Å². The van der Waals surface area contributed by atoms with Crippen molar-refractivity contribution in [2.24, 2.45) is 10.7 Å². The first-order valence-electron chi connectivity index (χ1n) is 9.37. The quantitative estimate of drug-likeness (QED) is 0.442. The van der Waals surface area contributed by atoms with Gasteiger partial charge < -0.3 is 25.3 Å². The minimum Gasteiger partial charge on any atom is -0.490 e. The van der Waals surface area contributed by atoms with E-state index in [1.54, 1.807) is 0 Å². The van der Waals surface area contributed by atoms with Gasteiger partial charge in [-0.2, -0.15) is 0 Å². The molecule has 0 aliphatic carbocycles. The molecule has 27 heavy (non-hydrogen) atoms. The monoisotopic (exact) mass is 369 g/mol. The Kier molecular flexibility index (Phi) is 6.93. The third kappa shape index (κ3) is 5.62. The number of ether oxygens (including phenoxy) is 3. The molecule has 0 fully saturated rings. The Bertz CT molecular complexity index is 777. The summed E-state index contributed by atoms with van der Waals surface area (Å²) in [5, 5.41) is 3.12. The lowest BCUT2D eigenvalue weighted by atomic mass is 10.1. The van der Waals surface area contributed by atoms with Gasteiger partial charge in [0.2, 0.25) is 0 Å². The van der Waals surface area contributed by atoms with Crippen LogP contribution in [0.1, 0.15) is 30.9 Å². The molecule has 0 saturated heterocycles. The van der Waals surface area contributed by atoms with Gasteiger partial charge in [-0.3, -0.25) is 0 Å². The molecule has 0 aromatic heterocycles. The first kappa shape index (κ1) is 19.0. The maximum Gasteiger partial charge on any atom is 0.193 e. The summed E-state index contributed by atoms with van der Waals surface area (Å²) in [6.45, 7) is 5.26. The number of fused-ring (bicyclic) bond motifs is 1. The van der Waals surface area contributed by atoms with Gasteiger partial charge in [0.05, 0.1) is 26.4 Å². The van der Waals surface area contributed by atoms with Gasteiger partial charge in [0.15, 0.2) is 17.5 Å². The van der Waals surface area contributed by atoms with E-state index in [1.165, 1.54) is 0 Å². The van der Waals surface area contributed by atoms with Crippen LogP contribution in [0.15, 0.2) is 47.5 Å². The van der Waals surface area contributed by atoms with Gasteiger partial charge in [0, 0.05) is 24.8 Å². The highest BCUT2D eigenvalue weighted by atomic mass is 16.5. The number of aliphatic imine (C=N–C) groups is 1. The lowest BCUT2D eigenvalue weighted by Gasteiger charge is -2.11. The molecule has 0 radical (unpaired) electrons. The van der Waals surface area contributed by atoms with Crippen molar-refractivity contribution in [2.75, 3.05) is 25.1 Å². The minimum absolute atomic E-state index is 0.355. The highest BCUT2D eigenvalue weighted by Gasteiger charge is 2.11. The van der Waals surface area contributed by atoms with E-state index >= 15 is 0 Å². The first-order valence-corrected chi connectivity index (χ1v) is 9.37. The van der Waals surface area contributed by atoms with Gasteiger partial charge in [-0.05, 0) is 29.7 Å².